The summed E-state index contributed by atoms with van der Waals surface area (Å²) in [5.41, 5.74) is 18.9. The van der Waals surface area contributed by atoms with E-state index in [0.29, 0.717) is 34.9 Å². The second kappa shape index (κ2) is 18.5. The normalized spacial score (nSPS) is 11.3. The molecule has 0 unspecified atom stereocenters. The Kier molecular flexibility index (Phi) is 11.4. The maximum Gasteiger partial charge on any atom is 0.166 e. The van der Waals surface area contributed by atoms with Gasteiger partial charge in [-0.25, -0.2) is 29.9 Å². The lowest BCUT2D eigenvalue weighted by Crippen LogP contribution is -2.55. The van der Waals surface area contributed by atoms with E-state index in [4.69, 9.17) is 29.9 Å². The molecule has 0 fully saturated rings. The van der Waals surface area contributed by atoms with E-state index in [9.17, 15) is 0 Å². The molecule has 0 radical (unpaired) electrons. The molecule has 0 saturated carbocycles. The first-order chi connectivity index (χ1) is 35.3. The number of aromatic nitrogens is 7. The van der Waals surface area contributed by atoms with Gasteiger partial charge in [-0.15, -0.1) is 16.4 Å². The Balaban J connectivity index is 1.17. The molecule has 0 spiro atoms. The Morgan fingerprint density at radius 2 is 0.597 bits per heavy atom. The predicted octanol–water partition coefficient (Wildman–Crippen LogP) is 5.78. The molecule has 12 rings (SSSR count). The van der Waals surface area contributed by atoms with Gasteiger partial charge in [-0.3, -0.25) is 0 Å². The molecular weight excluding hydrogens is 873 g/mol. The first-order valence-electron chi connectivity index (χ1n) is 24.4. The summed E-state index contributed by atoms with van der Waals surface area (Å²) in [5.74, 6) is 3.44. The Bertz CT molecular complexity index is 3840. The second-order valence-corrected chi connectivity index (χ2v) is 18.5. The van der Waals surface area contributed by atoms with Gasteiger partial charge in [0.2, 0.25) is 0 Å². The van der Waals surface area contributed by atoms with Gasteiger partial charge >= 0.3 is 0 Å². The highest BCUT2D eigenvalue weighted by Crippen LogP contribution is 2.41. The van der Waals surface area contributed by atoms with Crippen molar-refractivity contribution in [2.24, 2.45) is 0 Å². The molecule has 0 N–H and O–H groups in total. The van der Waals surface area contributed by atoms with Gasteiger partial charge in [-0.1, -0.05) is 175 Å². The first-order valence-corrected chi connectivity index (χ1v) is 24.4. The van der Waals surface area contributed by atoms with Gasteiger partial charge < -0.3 is 4.57 Å². The van der Waals surface area contributed by atoms with E-state index in [1.165, 1.54) is 16.4 Å². The van der Waals surface area contributed by atoms with Crippen LogP contribution in [0, 0.1) is 0 Å². The topological polar surface area (TPSA) is 82.3 Å². The van der Waals surface area contributed by atoms with Crippen LogP contribution < -0.4 is 27.3 Å². The smallest absolute Gasteiger partial charge is 0.166 e. The Morgan fingerprint density at radius 3 is 1.03 bits per heavy atom. The number of fused-ring (bicyclic) bond motifs is 3. The summed E-state index contributed by atoms with van der Waals surface area (Å²) < 4.78 is 2.37. The highest BCUT2D eigenvalue weighted by Gasteiger charge is 2.24. The molecular formula is C60H44B5N7. The van der Waals surface area contributed by atoms with E-state index in [-0.39, 0.29) is 0 Å². The van der Waals surface area contributed by atoms with Crippen LogP contribution in [0.5, 0.6) is 0 Å². The van der Waals surface area contributed by atoms with Gasteiger partial charge in [0.25, 0.3) is 0 Å². The van der Waals surface area contributed by atoms with Crippen molar-refractivity contribution >= 4 is 88.4 Å². The molecule has 3 aromatic heterocycles. The number of nitrogens with zero attached hydrogens (tertiary/aromatic N) is 7. The summed E-state index contributed by atoms with van der Waals surface area (Å²) in [6.45, 7) is 0. The molecule has 0 amide bonds. The standard InChI is InChI=1S/C60H44B5N7/c61-50-49(51(62)53(64)54(65)52(50)63)60-70-57(39-24-14-5-15-25-39)69-59(71-60)45-34-42(58-67-55(37-20-10-3-11-21-37)66-56(68-58)38-22-12-4-13-23-38)28-31-48(45)72-46-29-26-40(35-16-6-1-7-17-35)32-43(46)44-33-41(27-30-47(44)72)36-18-8-2-9-19-36/h1-34H,61-65H2. The fraction of sp³-hybridized carbons (Fsp3) is 0. The Labute approximate surface area is 423 Å². The van der Waals surface area contributed by atoms with Crippen LogP contribution in [0.3, 0.4) is 0 Å². The maximum atomic E-state index is 5.55. The van der Waals surface area contributed by atoms with E-state index in [1.807, 2.05) is 78.9 Å². The summed E-state index contributed by atoms with van der Waals surface area (Å²) in [7, 11) is 11.0. The quantitative estimate of drug-likeness (QED) is 0.171. The first kappa shape index (κ1) is 44.3. The van der Waals surface area contributed by atoms with Crippen molar-refractivity contribution in [3.63, 3.8) is 0 Å². The van der Waals surface area contributed by atoms with Crippen LogP contribution in [0.15, 0.2) is 206 Å². The minimum absolute atomic E-state index is 0.530. The van der Waals surface area contributed by atoms with Gasteiger partial charge in [0, 0.05) is 44.2 Å². The second-order valence-electron chi connectivity index (χ2n) is 18.5. The predicted molar refractivity (Wildman–Crippen MR) is 312 cm³/mol. The molecule has 72 heavy (non-hydrogen) atoms. The summed E-state index contributed by atoms with van der Waals surface area (Å²) in [4.78, 5) is 31.7. The van der Waals surface area contributed by atoms with Crippen molar-refractivity contribution < 1.29 is 0 Å². The van der Waals surface area contributed by atoms with Gasteiger partial charge in [-0.05, 0) is 64.7 Å². The third-order valence-electron chi connectivity index (χ3n) is 14.3. The molecule has 0 saturated heterocycles. The number of rotatable bonds is 9. The van der Waals surface area contributed by atoms with Crippen LogP contribution >= 0.6 is 0 Å². The van der Waals surface area contributed by atoms with E-state index < -0.39 is 0 Å². The molecule has 0 atom stereocenters. The lowest BCUT2D eigenvalue weighted by atomic mass is 9.60. The van der Waals surface area contributed by atoms with Crippen molar-refractivity contribution in [1.29, 1.82) is 0 Å². The molecule has 334 valence electrons. The largest absolute Gasteiger partial charge is 0.308 e. The van der Waals surface area contributed by atoms with Gasteiger partial charge in [0.05, 0.1) is 16.7 Å². The molecule has 12 aromatic rings. The lowest BCUT2D eigenvalue weighted by Gasteiger charge is -2.20. The van der Waals surface area contributed by atoms with Crippen LogP contribution in [0.1, 0.15) is 0 Å². The maximum absolute atomic E-state index is 5.55. The molecule has 0 aliphatic heterocycles. The third-order valence-corrected chi connectivity index (χ3v) is 14.3. The van der Waals surface area contributed by atoms with E-state index in [2.05, 4.69) is 171 Å². The van der Waals surface area contributed by atoms with Gasteiger partial charge in [0.1, 0.15) is 39.2 Å². The number of hydrogen-bond acceptors (Lipinski definition) is 6. The zero-order valence-corrected chi connectivity index (χ0v) is 40.8. The average molecular weight is 917 g/mol. The Hall–Kier alpha value is -8.88. The highest BCUT2D eigenvalue weighted by atomic mass is 15.1. The number of benzene rings is 9. The van der Waals surface area contributed by atoms with Crippen molar-refractivity contribution in [2.45, 2.75) is 0 Å². The number of hydrogen-bond donors (Lipinski definition) is 0. The molecule has 7 nitrogen and oxygen atoms in total. The molecule has 0 bridgehead atoms. The highest BCUT2D eigenvalue weighted by molar-refractivity contribution is 6.68. The van der Waals surface area contributed by atoms with Crippen LogP contribution in [0.25, 0.3) is 118 Å². The molecule has 9 aromatic carbocycles. The molecule has 3 heterocycles. The van der Waals surface area contributed by atoms with Crippen molar-refractivity contribution in [3.05, 3.63) is 206 Å². The monoisotopic (exact) mass is 917 g/mol. The summed E-state index contributed by atoms with van der Waals surface area (Å²) in [6, 6.07) is 71.6. The zero-order valence-electron chi connectivity index (χ0n) is 40.8. The molecule has 0 aliphatic carbocycles. The third kappa shape index (κ3) is 8.01. The van der Waals surface area contributed by atoms with E-state index in [1.54, 1.807) is 0 Å². The SMILES string of the molecule is Bc1c(B)c(B)c(-c2nc(-c3ccccc3)nc(-c3cc(-c4nc(-c5ccccc5)nc(-c5ccccc5)n4)ccc3-n3c4ccc(-c5ccccc5)cc4c4cc(-c5ccccc5)ccc43)n2)c(B)c1B. The van der Waals surface area contributed by atoms with Crippen LogP contribution in [0.4, 0.5) is 0 Å². The van der Waals surface area contributed by atoms with Crippen molar-refractivity contribution in [3.8, 4) is 96.3 Å². The van der Waals surface area contributed by atoms with Crippen LogP contribution in [0.2, 0.25) is 0 Å². The van der Waals surface area contributed by atoms with Crippen LogP contribution in [-0.4, -0.2) is 73.7 Å². The fourth-order valence-electron chi connectivity index (χ4n) is 10.0. The van der Waals surface area contributed by atoms with Crippen LogP contribution in [-0.2, 0) is 0 Å². The van der Waals surface area contributed by atoms with E-state index in [0.717, 1.165) is 94.1 Å². The summed E-state index contributed by atoms with van der Waals surface area (Å²) in [6.07, 6.45) is 0. The van der Waals surface area contributed by atoms with Crippen molar-refractivity contribution in [2.75, 3.05) is 0 Å². The Morgan fingerprint density at radius 1 is 0.264 bits per heavy atom. The van der Waals surface area contributed by atoms with Gasteiger partial charge in [-0.2, -0.15) is 0 Å². The van der Waals surface area contributed by atoms with E-state index >= 15 is 0 Å². The molecule has 12 heteroatoms. The minimum Gasteiger partial charge on any atom is -0.308 e. The minimum atomic E-state index is 0.530. The lowest BCUT2D eigenvalue weighted by molar-refractivity contribution is 1.06. The molecule has 0 aliphatic rings. The summed E-state index contributed by atoms with van der Waals surface area (Å²) >= 11 is 0. The van der Waals surface area contributed by atoms with Gasteiger partial charge in [0.15, 0.2) is 34.9 Å². The zero-order chi connectivity index (χ0) is 48.9. The fourth-order valence-corrected chi connectivity index (χ4v) is 10.0. The average Bonchev–Trinajstić information content (AvgIpc) is 3.77. The van der Waals surface area contributed by atoms with Crippen molar-refractivity contribution in [1.82, 2.24) is 34.5 Å². The summed E-state index contributed by atoms with van der Waals surface area (Å²) in [5, 5.41) is 2.27.